The van der Waals surface area contributed by atoms with E-state index in [1.165, 1.54) is 30.3 Å². The highest BCUT2D eigenvalue weighted by atomic mass is 35.5. The maximum atomic E-state index is 6.19. The van der Waals surface area contributed by atoms with Crippen molar-refractivity contribution in [3.8, 4) is 20.9 Å². The Kier molecular flexibility index (Phi) is 6.28. The number of rotatable bonds is 4. The van der Waals surface area contributed by atoms with Crippen molar-refractivity contribution in [1.29, 1.82) is 0 Å². The standard InChI is InChI=1S/C30H29N5OS2.ClH/c1-15-7-22(31-13-15)29-33-19-5-3-17(9-21(19)34-29)25-11-27-28(37-25)12-26(38-27)18-4-6-20-24(10-18)36-30(35-20)23-8-16(2)14-32-23;/h3-6,9-12,15-16,22-23,31-32H,7-8,13-14H2,1-2H3,(H,33,34);1H/t15-,16-,22-,23-;/m0./s1. The average molecular weight is 576 g/mol. The predicted octanol–water partition coefficient (Wildman–Crippen LogP) is 8.08. The largest absolute Gasteiger partial charge is 0.439 e. The number of hydrogen-bond acceptors (Lipinski definition) is 7. The van der Waals surface area contributed by atoms with Gasteiger partial charge in [-0.2, -0.15) is 0 Å². The van der Waals surface area contributed by atoms with Crippen molar-refractivity contribution in [2.45, 2.75) is 38.8 Å². The van der Waals surface area contributed by atoms with Gasteiger partial charge in [-0.1, -0.05) is 26.0 Å². The van der Waals surface area contributed by atoms with E-state index < -0.39 is 0 Å². The van der Waals surface area contributed by atoms with Gasteiger partial charge in [0.1, 0.15) is 11.3 Å². The van der Waals surface area contributed by atoms with Gasteiger partial charge >= 0.3 is 0 Å². The second kappa shape index (κ2) is 9.71. The molecule has 2 fully saturated rings. The first-order chi connectivity index (χ1) is 18.6. The topological polar surface area (TPSA) is 78.8 Å². The van der Waals surface area contributed by atoms with Gasteiger partial charge in [-0.25, -0.2) is 9.97 Å². The molecule has 0 bridgehead atoms. The maximum Gasteiger partial charge on any atom is 0.212 e. The molecule has 9 heteroatoms. The molecule has 0 radical (unpaired) electrons. The zero-order chi connectivity index (χ0) is 25.4. The van der Waals surface area contributed by atoms with Gasteiger partial charge in [0.2, 0.25) is 5.89 Å². The summed E-state index contributed by atoms with van der Waals surface area (Å²) in [5.74, 6) is 3.23. The van der Waals surface area contributed by atoms with Gasteiger partial charge in [0.05, 0.1) is 23.1 Å². The number of thiophene rings is 2. The van der Waals surface area contributed by atoms with E-state index in [0.717, 1.165) is 59.8 Å². The molecule has 200 valence electrons. The Hall–Kier alpha value is -2.75. The van der Waals surface area contributed by atoms with Crippen molar-refractivity contribution in [3.63, 3.8) is 0 Å². The van der Waals surface area contributed by atoms with Gasteiger partial charge in [0.15, 0.2) is 5.58 Å². The second-order valence-electron chi connectivity index (χ2n) is 11.1. The van der Waals surface area contributed by atoms with Crippen LogP contribution in [0.3, 0.4) is 0 Å². The molecule has 8 rings (SSSR count). The van der Waals surface area contributed by atoms with E-state index in [4.69, 9.17) is 14.4 Å². The van der Waals surface area contributed by atoms with Crippen LogP contribution in [-0.2, 0) is 0 Å². The number of aromatic amines is 1. The lowest BCUT2D eigenvalue weighted by atomic mass is 10.1. The van der Waals surface area contributed by atoms with Crippen LogP contribution in [-0.4, -0.2) is 28.0 Å². The third-order valence-corrected chi connectivity index (χ3v) is 10.4. The number of fused-ring (bicyclic) bond motifs is 3. The molecule has 0 spiro atoms. The number of aromatic nitrogens is 3. The van der Waals surface area contributed by atoms with E-state index in [0.29, 0.717) is 17.9 Å². The van der Waals surface area contributed by atoms with Crippen LogP contribution in [0.25, 0.3) is 52.4 Å². The first kappa shape index (κ1) is 25.2. The fourth-order valence-corrected chi connectivity index (χ4v) is 8.32. The molecule has 4 aromatic heterocycles. The van der Waals surface area contributed by atoms with Crippen LogP contribution in [0.2, 0.25) is 0 Å². The molecule has 0 unspecified atom stereocenters. The molecule has 6 aromatic rings. The maximum absolute atomic E-state index is 6.19. The lowest BCUT2D eigenvalue weighted by molar-refractivity contribution is 0.446. The molecule has 3 N–H and O–H groups in total. The smallest absolute Gasteiger partial charge is 0.212 e. The molecule has 2 aliphatic rings. The summed E-state index contributed by atoms with van der Waals surface area (Å²) in [5.41, 5.74) is 6.37. The van der Waals surface area contributed by atoms with Crippen LogP contribution in [0, 0.1) is 11.8 Å². The van der Waals surface area contributed by atoms with Crippen LogP contribution in [0.5, 0.6) is 0 Å². The van der Waals surface area contributed by atoms with E-state index in [2.05, 4.69) is 78.0 Å². The van der Waals surface area contributed by atoms with Crippen molar-refractivity contribution in [2.24, 2.45) is 11.8 Å². The van der Waals surface area contributed by atoms with Crippen LogP contribution in [0.1, 0.15) is 50.5 Å². The normalized spacial score (nSPS) is 23.3. The van der Waals surface area contributed by atoms with Gasteiger partial charge < -0.3 is 20.0 Å². The summed E-state index contributed by atoms with van der Waals surface area (Å²) in [6.07, 6.45) is 2.21. The molecule has 6 heterocycles. The van der Waals surface area contributed by atoms with E-state index in [1.54, 1.807) is 0 Å². The van der Waals surface area contributed by atoms with E-state index in [-0.39, 0.29) is 18.4 Å². The third kappa shape index (κ3) is 4.48. The number of imidazole rings is 1. The zero-order valence-electron chi connectivity index (χ0n) is 21.8. The van der Waals surface area contributed by atoms with E-state index in [1.807, 2.05) is 22.7 Å². The van der Waals surface area contributed by atoms with Crippen molar-refractivity contribution >= 4 is 66.6 Å². The number of H-pyrrole nitrogens is 1. The second-order valence-corrected chi connectivity index (χ2v) is 13.3. The molecule has 39 heavy (non-hydrogen) atoms. The molecule has 2 saturated heterocycles. The minimum atomic E-state index is 0. The number of hydrogen-bond donors (Lipinski definition) is 3. The first-order valence-corrected chi connectivity index (χ1v) is 15.1. The minimum absolute atomic E-state index is 0. The number of oxazole rings is 1. The average Bonchev–Trinajstić information content (AvgIpc) is 3.73. The van der Waals surface area contributed by atoms with Crippen molar-refractivity contribution in [2.75, 3.05) is 13.1 Å². The molecular weight excluding hydrogens is 546 g/mol. The summed E-state index contributed by atoms with van der Waals surface area (Å²) in [6, 6.07) is 18.2. The molecule has 0 saturated carbocycles. The van der Waals surface area contributed by atoms with Gasteiger partial charge in [0.25, 0.3) is 0 Å². The molecule has 0 aliphatic carbocycles. The molecule has 6 nitrogen and oxygen atoms in total. The quantitative estimate of drug-likeness (QED) is 0.198. The highest BCUT2D eigenvalue weighted by molar-refractivity contribution is 7.31. The van der Waals surface area contributed by atoms with Gasteiger partial charge in [-0.05, 0) is 85.3 Å². The number of nitrogens with one attached hydrogen (secondary N) is 3. The van der Waals surface area contributed by atoms with E-state index in [9.17, 15) is 0 Å². The predicted molar refractivity (Wildman–Crippen MR) is 164 cm³/mol. The Balaban J connectivity index is 0.00000253. The SMILES string of the molecule is C[C@@H]1CN[C@H](c2nc3ccc(-c4cc5sc(-c6ccc7nc([C@@H]8C[C@H](C)CN8)oc7c6)cc5s4)cc3[nH]2)C1.Cl. The minimum Gasteiger partial charge on any atom is -0.439 e. The summed E-state index contributed by atoms with van der Waals surface area (Å²) in [4.78, 5) is 15.7. The van der Waals surface area contributed by atoms with Crippen LogP contribution in [0.4, 0.5) is 0 Å². The summed E-state index contributed by atoms with van der Waals surface area (Å²) in [5, 5.41) is 7.11. The Morgan fingerprint density at radius 3 is 2.08 bits per heavy atom. The third-order valence-electron chi connectivity index (χ3n) is 8.01. The highest BCUT2D eigenvalue weighted by Crippen LogP contribution is 2.43. The van der Waals surface area contributed by atoms with Crippen molar-refractivity contribution in [3.05, 3.63) is 60.2 Å². The van der Waals surface area contributed by atoms with Gasteiger partial charge in [0, 0.05) is 19.2 Å². The molecular formula is C30H30ClN5OS2. The lowest BCUT2D eigenvalue weighted by Gasteiger charge is -2.04. The molecule has 2 aromatic carbocycles. The summed E-state index contributed by atoms with van der Waals surface area (Å²) in [6.45, 7) is 6.64. The van der Waals surface area contributed by atoms with E-state index >= 15 is 0 Å². The van der Waals surface area contributed by atoms with Crippen molar-refractivity contribution in [1.82, 2.24) is 25.6 Å². The monoisotopic (exact) mass is 575 g/mol. The Morgan fingerprint density at radius 1 is 0.769 bits per heavy atom. The van der Waals surface area contributed by atoms with Crippen LogP contribution < -0.4 is 10.6 Å². The lowest BCUT2D eigenvalue weighted by Crippen LogP contribution is -2.14. The zero-order valence-corrected chi connectivity index (χ0v) is 24.2. The molecule has 2 aliphatic heterocycles. The van der Waals surface area contributed by atoms with Gasteiger partial charge in [-0.3, -0.25) is 0 Å². The summed E-state index contributed by atoms with van der Waals surface area (Å²) in [7, 11) is 0. The first-order valence-electron chi connectivity index (χ1n) is 13.5. The number of halogens is 1. The fraction of sp³-hybridized carbons (Fsp3) is 0.333. The van der Waals surface area contributed by atoms with Gasteiger partial charge in [-0.15, -0.1) is 35.1 Å². The Bertz CT molecular complexity index is 1660. The Labute approximate surface area is 240 Å². The molecule has 0 amide bonds. The van der Waals surface area contributed by atoms with Crippen molar-refractivity contribution < 1.29 is 4.42 Å². The van der Waals surface area contributed by atoms with Crippen LogP contribution >= 0.6 is 35.1 Å². The summed E-state index contributed by atoms with van der Waals surface area (Å²) >= 11 is 3.69. The highest BCUT2D eigenvalue weighted by Gasteiger charge is 2.27. The fourth-order valence-electron chi connectivity index (χ4n) is 5.93. The Morgan fingerprint density at radius 2 is 1.41 bits per heavy atom. The molecule has 4 atom stereocenters. The number of benzene rings is 2. The number of nitrogens with zero attached hydrogens (tertiary/aromatic N) is 2. The van der Waals surface area contributed by atoms with Crippen LogP contribution in [0.15, 0.2) is 52.9 Å². The summed E-state index contributed by atoms with van der Waals surface area (Å²) < 4.78 is 8.82.